The van der Waals surface area contributed by atoms with Gasteiger partial charge in [0.2, 0.25) is 10.6 Å². The fourth-order valence-electron chi connectivity index (χ4n) is 1.89. The van der Waals surface area contributed by atoms with E-state index >= 15 is 0 Å². The third-order valence-corrected chi connectivity index (χ3v) is 3.22. The van der Waals surface area contributed by atoms with Gasteiger partial charge in [0.05, 0.1) is 19.6 Å². The van der Waals surface area contributed by atoms with Crippen LogP contribution < -0.4 is 4.74 Å². The molecular formula is C14H12N4O3S. The summed E-state index contributed by atoms with van der Waals surface area (Å²) in [5.41, 5.74) is 0.493. The largest absolute Gasteiger partial charge is 0.504 e. The molecule has 2 N–H and O–H groups in total. The Morgan fingerprint density at radius 3 is 3.00 bits per heavy atom. The normalized spacial score (nSPS) is 11.1. The average molecular weight is 316 g/mol. The zero-order chi connectivity index (χ0) is 15.5. The van der Waals surface area contributed by atoms with Crippen LogP contribution in [0.1, 0.15) is 5.56 Å². The third-order valence-electron chi connectivity index (χ3n) is 2.95. The summed E-state index contributed by atoms with van der Waals surface area (Å²) in [4.78, 5) is 0. The van der Waals surface area contributed by atoms with Crippen molar-refractivity contribution in [2.75, 3.05) is 7.11 Å². The molecule has 0 amide bonds. The van der Waals surface area contributed by atoms with Crippen molar-refractivity contribution in [1.29, 1.82) is 0 Å². The van der Waals surface area contributed by atoms with Crippen molar-refractivity contribution in [2.45, 2.75) is 0 Å². The number of phenolic OH excluding ortho intramolecular Hbond substituents is 1. The number of aromatic amines is 1. The first-order chi connectivity index (χ1) is 10.7. The van der Waals surface area contributed by atoms with Gasteiger partial charge < -0.3 is 14.3 Å². The van der Waals surface area contributed by atoms with E-state index in [1.165, 1.54) is 24.3 Å². The second-order valence-electron chi connectivity index (χ2n) is 4.28. The van der Waals surface area contributed by atoms with Gasteiger partial charge in [-0.05, 0) is 36.5 Å². The lowest BCUT2D eigenvalue weighted by Gasteiger charge is -2.05. The highest BCUT2D eigenvalue weighted by atomic mass is 32.1. The number of benzene rings is 1. The maximum Gasteiger partial charge on any atom is 0.219 e. The number of aromatic nitrogens is 3. The smallest absolute Gasteiger partial charge is 0.219 e. The van der Waals surface area contributed by atoms with Gasteiger partial charge in [0.15, 0.2) is 17.3 Å². The number of hydrogen-bond acceptors (Lipinski definition) is 6. The first kappa shape index (κ1) is 14.1. The molecule has 0 saturated heterocycles. The van der Waals surface area contributed by atoms with Crippen LogP contribution in [0.25, 0.3) is 11.6 Å². The summed E-state index contributed by atoms with van der Waals surface area (Å²) in [6.07, 6.45) is 3.00. The summed E-state index contributed by atoms with van der Waals surface area (Å²) < 4.78 is 12.1. The number of para-hydroxylation sites is 1. The number of nitrogens with one attached hydrogen (secondary N) is 1. The monoisotopic (exact) mass is 316 g/mol. The number of aromatic hydroxyl groups is 1. The van der Waals surface area contributed by atoms with Crippen molar-refractivity contribution in [1.82, 2.24) is 14.9 Å². The van der Waals surface area contributed by atoms with Crippen molar-refractivity contribution in [3.8, 4) is 23.1 Å². The maximum absolute atomic E-state index is 10.0. The minimum Gasteiger partial charge on any atom is -0.504 e. The number of ether oxygens (including phenoxy) is 1. The summed E-state index contributed by atoms with van der Waals surface area (Å²) in [7, 11) is 1.48. The summed E-state index contributed by atoms with van der Waals surface area (Å²) in [5, 5.41) is 21.0. The van der Waals surface area contributed by atoms with Crippen molar-refractivity contribution in [3.63, 3.8) is 0 Å². The molecule has 0 radical (unpaired) electrons. The fraction of sp³-hybridized carbons (Fsp3) is 0.0714. The molecule has 0 aliphatic carbocycles. The third kappa shape index (κ3) is 2.51. The molecule has 2 heterocycles. The maximum atomic E-state index is 10.0. The molecule has 22 heavy (non-hydrogen) atoms. The number of phenols is 1. The lowest BCUT2D eigenvalue weighted by molar-refractivity contribution is 0.373. The van der Waals surface area contributed by atoms with Gasteiger partial charge in [-0.15, -0.1) is 5.10 Å². The highest BCUT2D eigenvalue weighted by molar-refractivity contribution is 7.71. The van der Waals surface area contributed by atoms with E-state index in [-0.39, 0.29) is 5.75 Å². The van der Waals surface area contributed by atoms with Crippen LogP contribution in [0.4, 0.5) is 0 Å². The number of H-pyrrole nitrogens is 1. The highest BCUT2D eigenvalue weighted by Gasteiger charge is 2.11. The van der Waals surface area contributed by atoms with E-state index in [0.29, 0.717) is 27.7 Å². The quantitative estimate of drug-likeness (QED) is 0.571. The fourth-order valence-corrected chi connectivity index (χ4v) is 2.07. The van der Waals surface area contributed by atoms with Gasteiger partial charge in [-0.3, -0.25) is 0 Å². The molecule has 0 atom stereocenters. The number of nitrogens with zero attached hydrogens (tertiary/aromatic N) is 3. The van der Waals surface area contributed by atoms with Crippen LogP contribution in [-0.2, 0) is 0 Å². The van der Waals surface area contributed by atoms with Crippen molar-refractivity contribution in [2.24, 2.45) is 5.10 Å². The molecule has 8 heteroatoms. The lowest BCUT2D eigenvalue weighted by atomic mass is 10.2. The predicted molar refractivity (Wildman–Crippen MR) is 82.8 cm³/mol. The first-order valence-corrected chi connectivity index (χ1v) is 6.73. The Bertz CT molecular complexity index is 865. The Morgan fingerprint density at radius 1 is 1.41 bits per heavy atom. The van der Waals surface area contributed by atoms with Crippen LogP contribution in [-0.4, -0.2) is 33.3 Å². The van der Waals surface area contributed by atoms with Gasteiger partial charge in [0.25, 0.3) is 0 Å². The van der Waals surface area contributed by atoms with Crippen LogP contribution in [0.3, 0.4) is 0 Å². The van der Waals surface area contributed by atoms with E-state index in [2.05, 4.69) is 15.3 Å². The van der Waals surface area contributed by atoms with Crippen LogP contribution in [0.5, 0.6) is 11.5 Å². The van der Waals surface area contributed by atoms with E-state index in [4.69, 9.17) is 21.4 Å². The molecule has 2 aromatic heterocycles. The Morgan fingerprint density at radius 2 is 2.27 bits per heavy atom. The lowest BCUT2D eigenvalue weighted by Crippen LogP contribution is -1.95. The van der Waals surface area contributed by atoms with Crippen molar-refractivity contribution in [3.05, 3.63) is 46.9 Å². The van der Waals surface area contributed by atoms with Gasteiger partial charge in [0, 0.05) is 5.56 Å². The summed E-state index contributed by atoms with van der Waals surface area (Å²) in [5.74, 6) is 1.34. The van der Waals surface area contributed by atoms with E-state index in [1.54, 1.807) is 30.3 Å². The van der Waals surface area contributed by atoms with Crippen molar-refractivity contribution >= 4 is 18.4 Å². The summed E-state index contributed by atoms with van der Waals surface area (Å²) in [6.45, 7) is 0. The molecule has 7 nitrogen and oxygen atoms in total. The Labute approximate surface area is 130 Å². The summed E-state index contributed by atoms with van der Waals surface area (Å²) >= 11 is 5.15. The van der Waals surface area contributed by atoms with E-state index in [9.17, 15) is 5.11 Å². The molecule has 0 aliphatic heterocycles. The molecule has 0 bridgehead atoms. The summed E-state index contributed by atoms with van der Waals surface area (Å²) in [6, 6.07) is 8.61. The average Bonchev–Trinajstić information content (AvgIpc) is 3.16. The van der Waals surface area contributed by atoms with Crippen LogP contribution in [0.2, 0.25) is 0 Å². The van der Waals surface area contributed by atoms with Crippen LogP contribution in [0, 0.1) is 4.77 Å². The van der Waals surface area contributed by atoms with Crippen LogP contribution >= 0.6 is 12.2 Å². The Hall–Kier alpha value is -2.87. The molecule has 0 unspecified atom stereocenters. The number of rotatable bonds is 4. The van der Waals surface area contributed by atoms with E-state index in [1.807, 2.05) is 0 Å². The highest BCUT2D eigenvalue weighted by Crippen LogP contribution is 2.28. The molecule has 3 aromatic rings. The molecule has 112 valence electrons. The van der Waals surface area contributed by atoms with Crippen LogP contribution in [0.15, 0.2) is 46.1 Å². The van der Waals surface area contributed by atoms with Gasteiger partial charge in [-0.2, -0.15) is 9.78 Å². The predicted octanol–water partition coefficient (Wildman–Crippen LogP) is 2.80. The molecule has 0 saturated carbocycles. The molecule has 0 spiro atoms. The van der Waals surface area contributed by atoms with E-state index < -0.39 is 0 Å². The molecule has 3 rings (SSSR count). The second-order valence-corrected chi connectivity index (χ2v) is 4.67. The Balaban J connectivity index is 2.01. The Kier molecular flexibility index (Phi) is 3.75. The number of hydrogen-bond donors (Lipinski definition) is 2. The molecule has 1 aromatic carbocycles. The molecule has 0 aliphatic rings. The van der Waals surface area contributed by atoms with Crippen molar-refractivity contribution < 1.29 is 14.3 Å². The zero-order valence-electron chi connectivity index (χ0n) is 11.6. The first-order valence-electron chi connectivity index (χ1n) is 6.32. The minimum absolute atomic E-state index is 0.00307. The molecule has 0 fully saturated rings. The number of furan rings is 1. The molecular weight excluding hydrogens is 304 g/mol. The van der Waals surface area contributed by atoms with E-state index in [0.717, 1.165) is 0 Å². The van der Waals surface area contributed by atoms with Gasteiger partial charge in [-0.1, -0.05) is 6.07 Å². The zero-order valence-corrected chi connectivity index (χ0v) is 12.4. The van der Waals surface area contributed by atoms with Gasteiger partial charge >= 0.3 is 0 Å². The SMILES string of the molecule is COc1cccc(/C=N/n2c(-c3ccco3)n[nH]c2=S)c1O. The number of methoxy groups -OCH3 is 1. The minimum atomic E-state index is 0.00307. The van der Waals surface area contributed by atoms with Gasteiger partial charge in [-0.25, -0.2) is 5.10 Å². The second kappa shape index (κ2) is 5.86. The topological polar surface area (TPSA) is 88.6 Å². The standard InChI is InChI=1S/C14H12N4O3S/c1-20-10-5-2-4-9(12(10)19)8-15-18-13(16-17-14(18)22)11-6-3-7-21-11/h2-8,19H,1H3,(H,17,22)/b15-8+. The van der Waals surface area contributed by atoms with Gasteiger partial charge in [0.1, 0.15) is 0 Å².